The molecule has 0 atom stereocenters. The van der Waals surface area contributed by atoms with Crippen LogP contribution < -0.4 is 9.64 Å². The minimum absolute atomic E-state index is 0.124. The van der Waals surface area contributed by atoms with Crippen molar-refractivity contribution in [3.63, 3.8) is 0 Å². The Labute approximate surface area is 194 Å². The van der Waals surface area contributed by atoms with Crippen molar-refractivity contribution < 1.29 is 14.6 Å². The van der Waals surface area contributed by atoms with Crippen molar-refractivity contribution in [1.29, 1.82) is 0 Å². The zero-order valence-corrected chi connectivity index (χ0v) is 19.1. The highest BCUT2D eigenvalue weighted by atomic mass is 35.5. The number of hydrogen-bond acceptors (Lipinski definition) is 7. The van der Waals surface area contributed by atoms with E-state index in [1.54, 1.807) is 23.7 Å². The number of carboxylic acid groups (broad SMARTS) is 1. The van der Waals surface area contributed by atoms with Gasteiger partial charge in [-0.1, -0.05) is 29.0 Å². The number of amides is 1. The molecule has 32 heavy (non-hydrogen) atoms. The lowest BCUT2D eigenvalue weighted by molar-refractivity contribution is 0.132. The molecule has 0 aliphatic carbocycles. The van der Waals surface area contributed by atoms with E-state index < -0.39 is 6.09 Å². The van der Waals surface area contributed by atoms with Gasteiger partial charge in [-0.05, 0) is 36.5 Å². The van der Waals surface area contributed by atoms with Gasteiger partial charge in [0.05, 0.1) is 27.6 Å². The minimum Gasteiger partial charge on any atom is -0.467 e. The van der Waals surface area contributed by atoms with Crippen LogP contribution in [0.5, 0.6) is 5.19 Å². The number of likely N-dealkylation sites (tertiary alicyclic amines) is 1. The Hall–Kier alpha value is -2.65. The average molecular weight is 474 g/mol. The monoisotopic (exact) mass is 473 g/mol. The largest absolute Gasteiger partial charge is 0.467 e. The highest BCUT2D eigenvalue weighted by Crippen LogP contribution is 2.35. The van der Waals surface area contributed by atoms with Gasteiger partial charge >= 0.3 is 6.09 Å². The van der Waals surface area contributed by atoms with Crippen molar-refractivity contribution in [1.82, 2.24) is 19.9 Å². The number of rotatable bonds is 4. The number of piperidine rings is 2. The van der Waals surface area contributed by atoms with Crippen LogP contribution >= 0.6 is 22.9 Å². The van der Waals surface area contributed by atoms with Crippen LogP contribution in [0.2, 0.25) is 5.02 Å². The molecule has 0 unspecified atom stereocenters. The zero-order valence-electron chi connectivity index (χ0n) is 17.5. The summed E-state index contributed by atoms with van der Waals surface area (Å²) < 4.78 is 7.33. The molecule has 0 spiro atoms. The number of halogens is 1. The fourth-order valence-electron chi connectivity index (χ4n) is 4.41. The number of nitrogens with zero attached hydrogens (tertiary/aromatic N) is 5. The lowest BCUT2D eigenvalue weighted by Gasteiger charge is -2.31. The fourth-order valence-corrected chi connectivity index (χ4v) is 5.44. The van der Waals surface area contributed by atoms with Gasteiger partial charge in [-0.25, -0.2) is 19.7 Å². The van der Waals surface area contributed by atoms with Crippen LogP contribution in [0.1, 0.15) is 37.2 Å². The Balaban J connectivity index is 1.19. The number of aromatic nitrogens is 3. The highest BCUT2D eigenvalue weighted by molar-refractivity contribution is 7.20. The third-order valence-electron chi connectivity index (χ3n) is 6.23. The normalized spacial score (nSPS) is 18.3. The van der Waals surface area contributed by atoms with Gasteiger partial charge in [0.1, 0.15) is 6.10 Å². The smallest absolute Gasteiger partial charge is 0.407 e. The van der Waals surface area contributed by atoms with Crippen molar-refractivity contribution in [3.8, 4) is 5.19 Å². The summed E-state index contributed by atoms with van der Waals surface area (Å²) in [5.74, 6) is 1.09. The highest BCUT2D eigenvalue weighted by Gasteiger charge is 2.25. The van der Waals surface area contributed by atoms with Gasteiger partial charge in [-0.3, -0.25) is 0 Å². The SMILES string of the molecule is O=C(O)N1CCC(c2ccc3nc(OC4CCN(c5ncc(Cl)cn5)CC4)sc3c2)CC1. The summed E-state index contributed by atoms with van der Waals surface area (Å²) in [5, 5.41) is 10.4. The van der Waals surface area contributed by atoms with Crippen molar-refractivity contribution in [3.05, 3.63) is 41.2 Å². The first-order chi connectivity index (χ1) is 15.5. The zero-order chi connectivity index (χ0) is 22.1. The van der Waals surface area contributed by atoms with Gasteiger partial charge in [-0.2, -0.15) is 0 Å². The van der Waals surface area contributed by atoms with Crippen LogP contribution in [0.25, 0.3) is 10.2 Å². The first kappa shape index (κ1) is 21.2. The fraction of sp³-hybridized carbons (Fsp3) is 0.455. The van der Waals surface area contributed by atoms with Gasteiger partial charge in [0, 0.05) is 39.0 Å². The Morgan fingerprint density at radius 2 is 1.81 bits per heavy atom. The molecule has 8 nitrogen and oxygen atoms in total. The molecule has 2 aliphatic rings. The number of hydrogen-bond donors (Lipinski definition) is 1. The molecule has 0 saturated carbocycles. The number of ether oxygens (including phenoxy) is 1. The first-order valence-corrected chi connectivity index (χ1v) is 12.0. The number of benzene rings is 1. The van der Waals surface area contributed by atoms with E-state index in [4.69, 9.17) is 21.4 Å². The molecular formula is C22H24ClN5O3S. The maximum atomic E-state index is 11.1. The van der Waals surface area contributed by atoms with E-state index in [1.807, 2.05) is 0 Å². The van der Waals surface area contributed by atoms with Gasteiger partial charge in [0.25, 0.3) is 5.19 Å². The summed E-state index contributed by atoms with van der Waals surface area (Å²) in [6, 6.07) is 6.37. The molecular weight excluding hydrogens is 450 g/mol. The Morgan fingerprint density at radius 3 is 2.50 bits per heavy atom. The van der Waals surface area contributed by atoms with Crippen LogP contribution in [-0.4, -0.2) is 63.3 Å². The Kier molecular flexibility index (Phi) is 6.01. The average Bonchev–Trinajstić information content (AvgIpc) is 3.21. The molecule has 0 bridgehead atoms. The summed E-state index contributed by atoms with van der Waals surface area (Å²) in [6.45, 7) is 2.84. The molecule has 2 aromatic heterocycles. The molecule has 2 aliphatic heterocycles. The van der Waals surface area contributed by atoms with Crippen molar-refractivity contribution in [2.75, 3.05) is 31.1 Å². The third kappa shape index (κ3) is 4.59. The predicted octanol–water partition coefficient (Wildman–Crippen LogP) is 4.64. The summed E-state index contributed by atoms with van der Waals surface area (Å²) in [5.41, 5.74) is 2.21. The number of fused-ring (bicyclic) bond motifs is 1. The molecule has 168 valence electrons. The van der Waals surface area contributed by atoms with E-state index in [9.17, 15) is 4.79 Å². The number of carbonyl (C=O) groups is 1. The molecule has 10 heteroatoms. The van der Waals surface area contributed by atoms with E-state index in [-0.39, 0.29) is 6.10 Å². The van der Waals surface area contributed by atoms with Crippen LogP contribution in [0.3, 0.4) is 0 Å². The number of thiazole rings is 1. The summed E-state index contributed by atoms with van der Waals surface area (Å²) in [6.07, 6.45) is 6.03. The minimum atomic E-state index is -0.824. The second-order valence-corrected chi connectivity index (χ2v) is 9.69. The third-order valence-corrected chi connectivity index (χ3v) is 7.33. The summed E-state index contributed by atoms with van der Waals surface area (Å²) >= 11 is 7.46. The molecule has 4 heterocycles. The molecule has 2 fully saturated rings. The van der Waals surface area contributed by atoms with Gasteiger partial charge in [0.2, 0.25) is 5.95 Å². The first-order valence-electron chi connectivity index (χ1n) is 10.8. The van der Waals surface area contributed by atoms with E-state index in [0.29, 0.717) is 35.2 Å². The van der Waals surface area contributed by atoms with Gasteiger partial charge < -0.3 is 19.6 Å². The van der Waals surface area contributed by atoms with E-state index >= 15 is 0 Å². The predicted molar refractivity (Wildman–Crippen MR) is 124 cm³/mol. The van der Waals surface area contributed by atoms with E-state index in [0.717, 1.165) is 49.0 Å². The maximum absolute atomic E-state index is 11.1. The van der Waals surface area contributed by atoms with Crippen molar-refractivity contribution >= 4 is 45.2 Å². The molecule has 3 aromatic rings. The molecule has 5 rings (SSSR count). The Bertz CT molecular complexity index is 1090. The maximum Gasteiger partial charge on any atom is 0.407 e. The topological polar surface area (TPSA) is 91.7 Å². The second-order valence-electron chi connectivity index (χ2n) is 8.26. The van der Waals surface area contributed by atoms with E-state index in [2.05, 4.69) is 38.1 Å². The summed E-state index contributed by atoms with van der Waals surface area (Å²) in [7, 11) is 0. The second kappa shape index (κ2) is 9.07. The molecule has 1 amide bonds. The lowest BCUT2D eigenvalue weighted by Crippen LogP contribution is -2.39. The van der Waals surface area contributed by atoms with Crippen LogP contribution in [-0.2, 0) is 0 Å². The molecule has 2 saturated heterocycles. The lowest BCUT2D eigenvalue weighted by atomic mass is 9.89. The van der Waals surface area contributed by atoms with Gasteiger partial charge in [0.15, 0.2) is 0 Å². The van der Waals surface area contributed by atoms with Crippen molar-refractivity contribution in [2.45, 2.75) is 37.7 Å². The summed E-state index contributed by atoms with van der Waals surface area (Å²) in [4.78, 5) is 28.1. The van der Waals surface area contributed by atoms with Crippen LogP contribution in [0.15, 0.2) is 30.6 Å². The van der Waals surface area contributed by atoms with Crippen LogP contribution in [0, 0.1) is 0 Å². The molecule has 1 N–H and O–H groups in total. The quantitative estimate of drug-likeness (QED) is 0.589. The van der Waals surface area contributed by atoms with Crippen molar-refractivity contribution in [2.24, 2.45) is 0 Å². The molecule has 0 radical (unpaired) electrons. The van der Waals surface area contributed by atoms with Gasteiger partial charge in [-0.15, -0.1) is 0 Å². The standard InChI is InChI=1S/C22H24ClN5O3S/c23-16-12-24-20(25-13-16)27-9-5-17(6-10-27)31-21-26-18-2-1-15(11-19(18)32-21)14-3-7-28(8-4-14)22(29)30/h1-2,11-14,17H,3-10H2,(H,29,30). The number of anilines is 1. The van der Waals surface area contributed by atoms with Crippen LogP contribution in [0.4, 0.5) is 10.7 Å². The van der Waals surface area contributed by atoms with E-state index in [1.165, 1.54) is 10.5 Å². The molecule has 1 aromatic carbocycles. The Morgan fingerprint density at radius 1 is 1.09 bits per heavy atom.